The number of para-hydroxylation sites is 1. The van der Waals surface area contributed by atoms with Crippen LogP contribution in [0.1, 0.15) is 18.9 Å². The molecule has 2 heteroatoms. The second kappa shape index (κ2) is 5.35. The Morgan fingerprint density at radius 2 is 1.75 bits per heavy atom. The fraction of sp³-hybridized carbons (Fsp3) is 0.571. The summed E-state index contributed by atoms with van der Waals surface area (Å²) >= 11 is 0. The van der Waals surface area contributed by atoms with E-state index in [0.717, 1.165) is 0 Å². The molecule has 1 aromatic carbocycles. The first kappa shape index (κ1) is 11.5. The molecule has 0 aliphatic carbocycles. The Hall–Kier alpha value is -1.02. The minimum atomic E-state index is 1.17. The van der Waals surface area contributed by atoms with Gasteiger partial charge in [-0.25, -0.2) is 0 Å². The van der Waals surface area contributed by atoms with Crippen molar-refractivity contribution in [2.75, 3.05) is 37.6 Å². The van der Waals surface area contributed by atoms with Crippen molar-refractivity contribution >= 4 is 5.69 Å². The third-order valence-corrected chi connectivity index (χ3v) is 3.37. The van der Waals surface area contributed by atoms with Gasteiger partial charge in [0.05, 0.1) is 0 Å². The van der Waals surface area contributed by atoms with Gasteiger partial charge in [-0.3, -0.25) is 4.90 Å². The minimum absolute atomic E-state index is 1.17. The zero-order chi connectivity index (χ0) is 11.4. The van der Waals surface area contributed by atoms with E-state index in [1.54, 1.807) is 0 Å². The summed E-state index contributed by atoms with van der Waals surface area (Å²) in [5, 5.41) is 0. The van der Waals surface area contributed by atoms with Crippen LogP contribution in [0, 0.1) is 6.92 Å². The highest BCUT2D eigenvalue weighted by molar-refractivity contribution is 5.53. The highest BCUT2D eigenvalue weighted by Gasteiger charge is 2.16. The van der Waals surface area contributed by atoms with Crippen molar-refractivity contribution in [3.05, 3.63) is 29.8 Å². The Morgan fingerprint density at radius 1 is 1.06 bits per heavy atom. The number of piperazine rings is 1. The van der Waals surface area contributed by atoms with Crippen molar-refractivity contribution < 1.29 is 0 Å². The Bertz CT molecular complexity index is 327. The van der Waals surface area contributed by atoms with Crippen LogP contribution in [-0.2, 0) is 0 Å². The quantitative estimate of drug-likeness (QED) is 0.769. The topological polar surface area (TPSA) is 6.48 Å². The fourth-order valence-corrected chi connectivity index (χ4v) is 2.45. The predicted octanol–water partition coefficient (Wildman–Crippen LogP) is 2.53. The number of anilines is 1. The summed E-state index contributed by atoms with van der Waals surface area (Å²) in [5.74, 6) is 0. The summed E-state index contributed by atoms with van der Waals surface area (Å²) in [6.07, 6.45) is 1.27. The molecule has 88 valence electrons. The first-order valence-corrected chi connectivity index (χ1v) is 6.34. The molecule has 0 amide bonds. The standard InChI is InChI=1S/C14H22N2/c1-3-8-15-9-11-16(12-10-15)14-7-5-4-6-13(14)2/h4-7H,3,8-12H2,1-2H3. The molecule has 1 aliphatic heterocycles. The van der Waals surface area contributed by atoms with Gasteiger partial charge in [-0.05, 0) is 31.5 Å². The molecule has 0 unspecified atom stereocenters. The monoisotopic (exact) mass is 218 g/mol. The van der Waals surface area contributed by atoms with Crippen LogP contribution in [0.15, 0.2) is 24.3 Å². The van der Waals surface area contributed by atoms with Crippen LogP contribution in [0.25, 0.3) is 0 Å². The van der Waals surface area contributed by atoms with E-state index < -0.39 is 0 Å². The number of nitrogens with zero attached hydrogens (tertiary/aromatic N) is 2. The van der Waals surface area contributed by atoms with E-state index in [9.17, 15) is 0 Å². The molecule has 2 nitrogen and oxygen atoms in total. The number of rotatable bonds is 3. The fourth-order valence-electron chi connectivity index (χ4n) is 2.45. The van der Waals surface area contributed by atoms with E-state index in [0.29, 0.717) is 0 Å². The lowest BCUT2D eigenvalue weighted by atomic mass is 10.1. The molecule has 0 radical (unpaired) electrons. The van der Waals surface area contributed by atoms with E-state index >= 15 is 0 Å². The average Bonchev–Trinajstić information content (AvgIpc) is 2.31. The molecule has 0 N–H and O–H groups in total. The van der Waals surface area contributed by atoms with Crippen LogP contribution in [0.3, 0.4) is 0 Å². The van der Waals surface area contributed by atoms with Crippen LogP contribution < -0.4 is 4.90 Å². The Morgan fingerprint density at radius 3 is 2.38 bits per heavy atom. The molecule has 0 spiro atoms. The van der Waals surface area contributed by atoms with Gasteiger partial charge in [0, 0.05) is 31.9 Å². The summed E-state index contributed by atoms with van der Waals surface area (Å²) in [5.41, 5.74) is 2.81. The second-order valence-electron chi connectivity index (χ2n) is 4.62. The molecule has 0 atom stereocenters. The molecule has 1 heterocycles. The molecule has 1 fully saturated rings. The minimum Gasteiger partial charge on any atom is -0.369 e. The van der Waals surface area contributed by atoms with Gasteiger partial charge in [-0.1, -0.05) is 25.1 Å². The summed E-state index contributed by atoms with van der Waals surface area (Å²) in [6, 6.07) is 8.70. The molecule has 1 aliphatic rings. The smallest absolute Gasteiger partial charge is 0.0396 e. The van der Waals surface area contributed by atoms with Crippen molar-refractivity contribution in [1.82, 2.24) is 4.90 Å². The maximum Gasteiger partial charge on any atom is 0.0396 e. The molecule has 2 rings (SSSR count). The number of hydrogen-bond acceptors (Lipinski definition) is 2. The second-order valence-corrected chi connectivity index (χ2v) is 4.62. The molecule has 1 aromatic rings. The number of aryl methyl sites for hydroxylation is 1. The first-order chi connectivity index (χ1) is 7.81. The van der Waals surface area contributed by atoms with Gasteiger partial charge in [-0.15, -0.1) is 0 Å². The highest BCUT2D eigenvalue weighted by Crippen LogP contribution is 2.20. The first-order valence-electron chi connectivity index (χ1n) is 6.34. The number of hydrogen-bond donors (Lipinski definition) is 0. The van der Waals surface area contributed by atoms with E-state index in [4.69, 9.17) is 0 Å². The van der Waals surface area contributed by atoms with Gasteiger partial charge in [0.15, 0.2) is 0 Å². The normalized spacial score (nSPS) is 17.8. The van der Waals surface area contributed by atoms with Crippen molar-refractivity contribution in [3.63, 3.8) is 0 Å². The Kier molecular flexibility index (Phi) is 3.83. The lowest BCUT2D eigenvalue weighted by Crippen LogP contribution is -2.46. The van der Waals surface area contributed by atoms with Crippen LogP contribution in [0.5, 0.6) is 0 Å². The zero-order valence-corrected chi connectivity index (χ0v) is 10.4. The van der Waals surface area contributed by atoms with Crippen LogP contribution in [0.2, 0.25) is 0 Å². The van der Waals surface area contributed by atoms with Crippen LogP contribution in [0.4, 0.5) is 5.69 Å². The van der Waals surface area contributed by atoms with Crippen LogP contribution in [-0.4, -0.2) is 37.6 Å². The predicted molar refractivity (Wildman–Crippen MR) is 70.1 cm³/mol. The SMILES string of the molecule is CCCN1CCN(c2ccccc2C)CC1. The van der Waals surface area contributed by atoms with E-state index in [1.807, 2.05) is 0 Å². The van der Waals surface area contributed by atoms with Crippen LogP contribution >= 0.6 is 0 Å². The summed E-state index contributed by atoms with van der Waals surface area (Å²) in [7, 11) is 0. The molecule has 0 bridgehead atoms. The maximum absolute atomic E-state index is 2.56. The highest BCUT2D eigenvalue weighted by atomic mass is 15.3. The van der Waals surface area contributed by atoms with Crippen molar-refractivity contribution in [2.24, 2.45) is 0 Å². The molecule has 0 saturated carbocycles. The third kappa shape index (κ3) is 2.56. The van der Waals surface area contributed by atoms with Crippen molar-refractivity contribution in [1.29, 1.82) is 0 Å². The van der Waals surface area contributed by atoms with E-state index in [2.05, 4.69) is 47.9 Å². The molecule has 0 aromatic heterocycles. The molecule has 16 heavy (non-hydrogen) atoms. The molecular weight excluding hydrogens is 196 g/mol. The van der Waals surface area contributed by atoms with Gasteiger partial charge in [0.2, 0.25) is 0 Å². The van der Waals surface area contributed by atoms with Gasteiger partial charge >= 0.3 is 0 Å². The van der Waals surface area contributed by atoms with Crippen molar-refractivity contribution in [2.45, 2.75) is 20.3 Å². The number of benzene rings is 1. The van der Waals surface area contributed by atoms with Gasteiger partial charge in [0.25, 0.3) is 0 Å². The lowest BCUT2D eigenvalue weighted by Gasteiger charge is -2.36. The Balaban J connectivity index is 1.96. The Labute approximate surface area is 98.9 Å². The van der Waals surface area contributed by atoms with Gasteiger partial charge < -0.3 is 4.90 Å². The summed E-state index contributed by atoms with van der Waals surface area (Å²) in [4.78, 5) is 5.08. The van der Waals surface area contributed by atoms with Gasteiger partial charge in [0.1, 0.15) is 0 Å². The summed E-state index contributed by atoms with van der Waals surface area (Å²) < 4.78 is 0. The zero-order valence-electron chi connectivity index (χ0n) is 10.4. The van der Waals surface area contributed by atoms with E-state index in [-0.39, 0.29) is 0 Å². The lowest BCUT2D eigenvalue weighted by molar-refractivity contribution is 0.258. The maximum atomic E-state index is 2.56. The molecular formula is C14H22N2. The molecule has 1 saturated heterocycles. The van der Waals surface area contributed by atoms with Gasteiger partial charge in [-0.2, -0.15) is 0 Å². The average molecular weight is 218 g/mol. The van der Waals surface area contributed by atoms with E-state index in [1.165, 1.54) is 50.4 Å². The third-order valence-electron chi connectivity index (χ3n) is 3.37. The largest absolute Gasteiger partial charge is 0.369 e. The summed E-state index contributed by atoms with van der Waals surface area (Å²) in [6.45, 7) is 10.5. The van der Waals surface area contributed by atoms with Crippen molar-refractivity contribution in [3.8, 4) is 0 Å².